The first-order chi connectivity index (χ1) is 12.2. The zero-order valence-corrected chi connectivity index (χ0v) is 13.8. The largest absolute Gasteiger partial charge is 0.465 e. The van der Waals surface area contributed by atoms with Gasteiger partial charge in [0.1, 0.15) is 5.76 Å². The molecule has 124 valence electrons. The molecule has 4 rings (SSSR count). The van der Waals surface area contributed by atoms with Crippen molar-refractivity contribution >= 4 is 17.6 Å². The van der Waals surface area contributed by atoms with Crippen LogP contribution in [0.5, 0.6) is 0 Å². The van der Waals surface area contributed by atoms with Crippen LogP contribution in [-0.2, 0) is 4.79 Å². The maximum absolute atomic E-state index is 11.9. The second-order valence-corrected chi connectivity index (χ2v) is 6.41. The fraction of sp³-hybridized carbons (Fsp3) is 0.136. The summed E-state index contributed by atoms with van der Waals surface area (Å²) in [7, 11) is 0. The van der Waals surface area contributed by atoms with E-state index in [9.17, 15) is 4.79 Å². The van der Waals surface area contributed by atoms with Gasteiger partial charge in [-0.3, -0.25) is 4.79 Å². The van der Waals surface area contributed by atoms with E-state index in [1.807, 2.05) is 24.3 Å². The van der Waals surface area contributed by atoms with E-state index in [0.29, 0.717) is 11.3 Å². The van der Waals surface area contributed by atoms with E-state index in [4.69, 9.17) is 10.2 Å². The highest BCUT2D eigenvalue weighted by Crippen LogP contribution is 2.40. The van der Waals surface area contributed by atoms with E-state index in [1.54, 1.807) is 24.5 Å². The van der Waals surface area contributed by atoms with Gasteiger partial charge in [-0.2, -0.15) is 0 Å². The maximum Gasteiger partial charge on any atom is 0.249 e. The van der Waals surface area contributed by atoms with Crippen LogP contribution in [0.15, 0.2) is 71.3 Å². The molecule has 0 bridgehead atoms. The van der Waals surface area contributed by atoms with Gasteiger partial charge in [-0.05, 0) is 65.3 Å². The lowest BCUT2D eigenvalue weighted by Gasteiger charge is -2.08. The monoisotopic (exact) mass is 329 g/mol. The van der Waals surface area contributed by atoms with Crippen LogP contribution in [0.3, 0.4) is 0 Å². The molecule has 3 nitrogen and oxygen atoms in total. The number of furan rings is 1. The lowest BCUT2D eigenvalue weighted by Crippen LogP contribution is -2.12. The number of nitrogens with two attached hydrogens (primary N) is 1. The summed E-state index contributed by atoms with van der Waals surface area (Å²) < 4.78 is 5.31. The molecule has 1 amide bonds. The van der Waals surface area contributed by atoms with E-state index in [-0.39, 0.29) is 0 Å². The summed E-state index contributed by atoms with van der Waals surface area (Å²) in [5.41, 5.74) is 10.4. The molecule has 3 aromatic rings. The smallest absolute Gasteiger partial charge is 0.249 e. The minimum absolute atomic E-state index is 0.436. The van der Waals surface area contributed by atoms with E-state index >= 15 is 0 Å². The predicted molar refractivity (Wildman–Crippen MR) is 99.6 cm³/mol. The molecule has 0 atom stereocenters. The molecule has 1 fully saturated rings. The zero-order valence-electron chi connectivity index (χ0n) is 13.8. The van der Waals surface area contributed by atoms with Crippen molar-refractivity contribution in [1.29, 1.82) is 0 Å². The Bertz CT molecular complexity index is 917. The third-order valence-electron chi connectivity index (χ3n) is 4.56. The van der Waals surface area contributed by atoms with Gasteiger partial charge >= 0.3 is 0 Å². The molecule has 1 aromatic heterocycles. The fourth-order valence-electron chi connectivity index (χ4n) is 3.04. The topological polar surface area (TPSA) is 56.2 Å². The highest BCUT2D eigenvalue weighted by atomic mass is 16.3. The predicted octanol–water partition coefficient (Wildman–Crippen LogP) is 4.85. The Kier molecular flexibility index (Phi) is 3.98. The molecule has 0 radical (unpaired) electrons. The first-order valence-corrected chi connectivity index (χ1v) is 8.46. The molecule has 2 N–H and O–H groups in total. The average Bonchev–Trinajstić information content (AvgIpc) is 3.36. The van der Waals surface area contributed by atoms with Gasteiger partial charge in [-0.15, -0.1) is 0 Å². The van der Waals surface area contributed by atoms with Crippen LogP contribution in [-0.4, -0.2) is 5.91 Å². The van der Waals surface area contributed by atoms with Crippen molar-refractivity contribution in [3.63, 3.8) is 0 Å². The first kappa shape index (κ1) is 15.5. The number of carbonyl (C=O) groups is 1. The van der Waals surface area contributed by atoms with Crippen LogP contribution in [0.25, 0.3) is 22.8 Å². The third-order valence-corrected chi connectivity index (χ3v) is 4.56. The van der Waals surface area contributed by atoms with Gasteiger partial charge in [0.15, 0.2) is 0 Å². The Morgan fingerprint density at radius 2 is 1.80 bits per heavy atom. The van der Waals surface area contributed by atoms with Crippen molar-refractivity contribution in [3.05, 3.63) is 83.8 Å². The van der Waals surface area contributed by atoms with Gasteiger partial charge < -0.3 is 10.2 Å². The second kappa shape index (κ2) is 6.44. The van der Waals surface area contributed by atoms with Gasteiger partial charge in [-0.25, -0.2) is 0 Å². The van der Waals surface area contributed by atoms with Gasteiger partial charge in [0, 0.05) is 0 Å². The minimum atomic E-state index is -0.474. The molecule has 25 heavy (non-hydrogen) atoms. The van der Waals surface area contributed by atoms with Crippen LogP contribution >= 0.6 is 0 Å². The Hall–Kier alpha value is -3.07. The summed E-state index contributed by atoms with van der Waals surface area (Å²) in [5.74, 6) is 0.878. The number of amides is 1. The van der Waals surface area contributed by atoms with Gasteiger partial charge in [-0.1, -0.05) is 42.5 Å². The highest BCUT2D eigenvalue weighted by molar-refractivity contribution is 6.23. The quantitative estimate of drug-likeness (QED) is 0.680. The third kappa shape index (κ3) is 3.41. The minimum Gasteiger partial charge on any atom is -0.465 e. The summed E-state index contributed by atoms with van der Waals surface area (Å²) >= 11 is 0. The molecule has 0 spiro atoms. The van der Waals surface area contributed by atoms with Crippen LogP contribution in [0.4, 0.5) is 0 Å². The van der Waals surface area contributed by atoms with E-state index < -0.39 is 5.91 Å². The molecule has 1 saturated carbocycles. The SMILES string of the molecule is NC(=O)C(=Cc1ccco1)c1cccc(-c2ccc(C3CC3)cc2)c1. The van der Waals surface area contributed by atoms with E-state index in [2.05, 4.69) is 24.3 Å². The number of carbonyl (C=O) groups excluding carboxylic acids is 1. The molecule has 1 aliphatic carbocycles. The second-order valence-electron chi connectivity index (χ2n) is 6.41. The molecule has 0 saturated heterocycles. The van der Waals surface area contributed by atoms with Gasteiger partial charge in [0.25, 0.3) is 0 Å². The number of hydrogen-bond donors (Lipinski definition) is 1. The van der Waals surface area contributed by atoms with Crippen molar-refractivity contribution in [2.24, 2.45) is 5.73 Å². The lowest BCUT2D eigenvalue weighted by molar-refractivity contribution is -0.112. The van der Waals surface area contributed by atoms with Gasteiger partial charge in [0.05, 0.1) is 11.8 Å². The molecule has 1 heterocycles. The standard InChI is InChI=1S/C22H19NO2/c23-22(24)21(14-20-5-2-12-25-20)19-4-1-3-18(13-19)17-10-8-16(9-11-17)15-6-7-15/h1-5,8-15H,6-7H2,(H2,23,24). The summed E-state index contributed by atoms with van der Waals surface area (Å²) in [6.45, 7) is 0. The summed E-state index contributed by atoms with van der Waals surface area (Å²) in [6, 6.07) is 20.1. The summed E-state index contributed by atoms with van der Waals surface area (Å²) in [4.78, 5) is 11.9. The number of rotatable bonds is 5. The van der Waals surface area contributed by atoms with Crippen LogP contribution < -0.4 is 5.73 Å². The van der Waals surface area contributed by atoms with Crippen molar-refractivity contribution in [2.45, 2.75) is 18.8 Å². The van der Waals surface area contributed by atoms with Crippen molar-refractivity contribution < 1.29 is 9.21 Å². The summed E-state index contributed by atoms with van der Waals surface area (Å²) in [6.07, 6.45) is 5.85. The first-order valence-electron chi connectivity index (χ1n) is 8.46. The number of primary amides is 1. The molecule has 3 heteroatoms. The molecular formula is C22H19NO2. The molecule has 2 aromatic carbocycles. The zero-order chi connectivity index (χ0) is 17.2. The Morgan fingerprint density at radius 3 is 2.44 bits per heavy atom. The van der Waals surface area contributed by atoms with E-state index in [0.717, 1.165) is 22.6 Å². The van der Waals surface area contributed by atoms with Crippen molar-refractivity contribution in [3.8, 4) is 11.1 Å². The van der Waals surface area contributed by atoms with Crippen LogP contribution in [0, 0.1) is 0 Å². The lowest BCUT2D eigenvalue weighted by atomic mass is 9.97. The van der Waals surface area contributed by atoms with Crippen LogP contribution in [0.2, 0.25) is 0 Å². The Morgan fingerprint density at radius 1 is 1.00 bits per heavy atom. The van der Waals surface area contributed by atoms with Crippen molar-refractivity contribution in [2.75, 3.05) is 0 Å². The highest BCUT2D eigenvalue weighted by Gasteiger charge is 2.23. The normalized spacial score (nSPS) is 14.5. The average molecular weight is 329 g/mol. The van der Waals surface area contributed by atoms with Crippen molar-refractivity contribution in [1.82, 2.24) is 0 Å². The molecule has 0 aliphatic heterocycles. The molecule has 0 unspecified atom stereocenters. The van der Waals surface area contributed by atoms with Crippen LogP contribution in [0.1, 0.15) is 35.6 Å². The molecule has 1 aliphatic rings. The van der Waals surface area contributed by atoms with E-state index in [1.165, 1.54) is 18.4 Å². The maximum atomic E-state index is 11.9. The summed E-state index contributed by atoms with van der Waals surface area (Å²) in [5, 5.41) is 0. The van der Waals surface area contributed by atoms with Gasteiger partial charge in [0.2, 0.25) is 5.91 Å². The molecular weight excluding hydrogens is 310 g/mol. The number of benzene rings is 2. The Balaban J connectivity index is 1.69. The fourth-order valence-corrected chi connectivity index (χ4v) is 3.04. The Labute approximate surface area is 146 Å². The number of hydrogen-bond acceptors (Lipinski definition) is 2.